The van der Waals surface area contributed by atoms with Crippen LogP contribution in [0.25, 0.3) is 0 Å². The topological polar surface area (TPSA) is 49.9 Å². The zero-order valence-corrected chi connectivity index (χ0v) is 6.82. The minimum absolute atomic E-state index is 0.641. The smallest absolute Gasteiger partial charge is 0.384 e. The first-order chi connectivity index (χ1) is 6.34. The summed E-state index contributed by atoms with van der Waals surface area (Å²) in [6, 6.07) is 2.70. The van der Waals surface area contributed by atoms with E-state index in [0.29, 0.717) is 6.07 Å². The van der Waals surface area contributed by atoms with Gasteiger partial charge in [0.15, 0.2) is 0 Å². The minimum Gasteiger partial charge on any atom is -0.384 e. The Morgan fingerprint density at radius 2 is 1.86 bits per heavy atom. The number of halogens is 4. The van der Waals surface area contributed by atoms with Gasteiger partial charge in [-0.15, -0.1) is 0 Å². The van der Waals surface area contributed by atoms with E-state index in [1.54, 1.807) is 0 Å². The first-order valence-corrected chi connectivity index (χ1v) is 3.54. The third kappa shape index (κ3) is 1.84. The predicted molar refractivity (Wildman–Crippen MR) is 42.4 cm³/mol. The largest absolute Gasteiger partial charge is 0.419 e. The van der Waals surface area contributed by atoms with E-state index in [1.807, 2.05) is 0 Å². The number of hydrogen-bond acceptors (Lipinski definition) is 1. The highest BCUT2D eigenvalue weighted by atomic mass is 19.4. The van der Waals surface area contributed by atoms with E-state index >= 15 is 0 Å². The second kappa shape index (κ2) is 3.28. The third-order valence-corrected chi connectivity index (χ3v) is 1.59. The summed E-state index contributed by atoms with van der Waals surface area (Å²) in [7, 11) is 0. The molecule has 1 rings (SSSR count). The van der Waals surface area contributed by atoms with Crippen LogP contribution in [-0.4, -0.2) is 5.84 Å². The summed E-state index contributed by atoms with van der Waals surface area (Å²) in [6.45, 7) is 0. The molecule has 0 atom stereocenters. The summed E-state index contributed by atoms with van der Waals surface area (Å²) in [5.74, 6) is -2.23. The van der Waals surface area contributed by atoms with Crippen LogP contribution in [0.4, 0.5) is 17.6 Å². The highest BCUT2D eigenvalue weighted by Gasteiger charge is 2.37. The molecule has 0 radical (unpaired) electrons. The van der Waals surface area contributed by atoms with Crippen LogP contribution in [0.15, 0.2) is 18.2 Å². The van der Waals surface area contributed by atoms with Crippen molar-refractivity contribution in [2.24, 2.45) is 5.73 Å². The lowest BCUT2D eigenvalue weighted by molar-refractivity contribution is -0.140. The highest BCUT2D eigenvalue weighted by molar-refractivity contribution is 5.96. The van der Waals surface area contributed by atoms with Crippen LogP contribution in [0.5, 0.6) is 0 Å². The normalized spacial score (nSPS) is 11.4. The molecule has 0 aliphatic carbocycles. The van der Waals surface area contributed by atoms with Gasteiger partial charge in [0.1, 0.15) is 17.2 Å². The average molecular weight is 206 g/mol. The van der Waals surface area contributed by atoms with Crippen LogP contribution < -0.4 is 5.73 Å². The number of benzene rings is 1. The lowest BCUT2D eigenvalue weighted by Crippen LogP contribution is -2.20. The van der Waals surface area contributed by atoms with Crippen LogP contribution in [0.1, 0.15) is 11.1 Å². The van der Waals surface area contributed by atoms with Crippen LogP contribution in [0.2, 0.25) is 0 Å². The maximum absolute atomic E-state index is 12.8. The van der Waals surface area contributed by atoms with Gasteiger partial charge in [0.2, 0.25) is 0 Å². The molecule has 0 aromatic heterocycles. The standard InChI is InChI=1S/C8H6F4N2/c9-5-3-1-2-4(7(13)14)6(5)8(10,11)12/h1-3H,(H3,13,14). The van der Waals surface area contributed by atoms with Gasteiger partial charge in [-0.2, -0.15) is 13.2 Å². The minimum atomic E-state index is -4.84. The molecular weight excluding hydrogens is 200 g/mol. The first-order valence-electron chi connectivity index (χ1n) is 3.54. The van der Waals surface area contributed by atoms with Crippen molar-refractivity contribution >= 4 is 5.84 Å². The van der Waals surface area contributed by atoms with Crippen molar-refractivity contribution < 1.29 is 17.6 Å². The Morgan fingerprint density at radius 3 is 2.21 bits per heavy atom. The Bertz CT molecular complexity index is 370. The van der Waals surface area contributed by atoms with E-state index in [9.17, 15) is 17.6 Å². The Morgan fingerprint density at radius 1 is 1.29 bits per heavy atom. The van der Waals surface area contributed by atoms with Gasteiger partial charge in [0, 0.05) is 5.56 Å². The van der Waals surface area contributed by atoms with Gasteiger partial charge in [0.25, 0.3) is 0 Å². The number of hydrogen-bond donors (Lipinski definition) is 2. The van der Waals surface area contributed by atoms with Crippen molar-refractivity contribution in [1.82, 2.24) is 0 Å². The lowest BCUT2D eigenvalue weighted by Gasteiger charge is -2.12. The number of nitrogen functional groups attached to an aromatic ring is 1. The summed E-state index contributed by atoms with van der Waals surface area (Å²) in [5, 5.41) is 6.86. The second-order valence-electron chi connectivity index (χ2n) is 2.57. The molecule has 0 aliphatic rings. The van der Waals surface area contributed by atoms with E-state index in [-0.39, 0.29) is 0 Å². The number of nitrogens with one attached hydrogen (secondary N) is 1. The van der Waals surface area contributed by atoms with Crippen molar-refractivity contribution in [3.8, 4) is 0 Å². The van der Waals surface area contributed by atoms with Gasteiger partial charge < -0.3 is 5.73 Å². The van der Waals surface area contributed by atoms with Crippen molar-refractivity contribution in [3.63, 3.8) is 0 Å². The molecule has 0 saturated heterocycles. The van der Waals surface area contributed by atoms with Crippen LogP contribution in [0.3, 0.4) is 0 Å². The Balaban J connectivity index is 3.45. The number of rotatable bonds is 1. The van der Waals surface area contributed by atoms with E-state index in [4.69, 9.17) is 11.1 Å². The molecule has 2 nitrogen and oxygen atoms in total. The summed E-state index contributed by atoms with van der Waals surface area (Å²) in [4.78, 5) is 0. The lowest BCUT2D eigenvalue weighted by atomic mass is 10.1. The zero-order valence-electron chi connectivity index (χ0n) is 6.82. The van der Waals surface area contributed by atoms with Gasteiger partial charge in [-0.1, -0.05) is 12.1 Å². The monoisotopic (exact) mass is 206 g/mol. The van der Waals surface area contributed by atoms with E-state index in [2.05, 4.69) is 0 Å². The van der Waals surface area contributed by atoms with E-state index < -0.39 is 29.0 Å². The number of nitrogens with two attached hydrogens (primary N) is 1. The molecule has 0 bridgehead atoms. The maximum Gasteiger partial charge on any atom is 0.419 e. The van der Waals surface area contributed by atoms with Crippen molar-refractivity contribution in [2.75, 3.05) is 0 Å². The molecule has 0 fully saturated rings. The van der Waals surface area contributed by atoms with Crippen LogP contribution in [0, 0.1) is 11.2 Å². The fourth-order valence-electron chi connectivity index (χ4n) is 1.04. The average Bonchev–Trinajstić information content (AvgIpc) is 2.01. The molecule has 1 aromatic rings. The van der Waals surface area contributed by atoms with Crippen LogP contribution in [-0.2, 0) is 6.18 Å². The number of amidine groups is 1. The van der Waals surface area contributed by atoms with E-state index in [0.717, 1.165) is 12.1 Å². The Hall–Kier alpha value is -1.59. The van der Waals surface area contributed by atoms with Crippen molar-refractivity contribution in [3.05, 3.63) is 35.1 Å². The molecule has 6 heteroatoms. The van der Waals surface area contributed by atoms with Gasteiger partial charge in [0.05, 0.1) is 0 Å². The number of alkyl halides is 3. The van der Waals surface area contributed by atoms with E-state index in [1.165, 1.54) is 0 Å². The molecule has 1 aromatic carbocycles. The Labute approximate surface area is 76.8 Å². The molecular formula is C8H6F4N2. The van der Waals surface area contributed by atoms with Gasteiger partial charge in [-0.3, -0.25) is 5.41 Å². The second-order valence-corrected chi connectivity index (χ2v) is 2.57. The molecule has 14 heavy (non-hydrogen) atoms. The fraction of sp³-hybridized carbons (Fsp3) is 0.125. The quantitative estimate of drug-likeness (QED) is 0.412. The maximum atomic E-state index is 12.8. The van der Waals surface area contributed by atoms with Gasteiger partial charge in [-0.25, -0.2) is 4.39 Å². The molecule has 0 heterocycles. The first kappa shape index (κ1) is 10.5. The molecule has 0 saturated carbocycles. The molecule has 0 amide bonds. The highest BCUT2D eigenvalue weighted by Crippen LogP contribution is 2.33. The van der Waals surface area contributed by atoms with Gasteiger partial charge in [-0.05, 0) is 6.07 Å². The third-order valence-electron chi connectivity index (χ3n) is 1.59. The summed E-state index contributed by atoms with van der Waals surface area (Å²) < 4.78 is 49.7. The van der Waals surface area contributed by atoms with Crippen molar-refractivity contribution in [2.45, 2.75) is 6.18 Å². The predicted octanol–water partition coefficient (Wildman–Crippen LogP) is 2.13. The molecule has 76 valence electrons. The summed E-state index contributed by atoms with van der Waals surface area (Å²) >= 11 is 0. The fourth-order valence-corrected chi connectivity index (χ4v) is 1.04. The summed E-state index contributed by atoms with van der Waals surface area (Å²) in [6.07, 6.45) is -4.84. The molecule has 0 aliphatic heterocycles. The SMILES string of the molecule is N=C(N)c1cccc(F)c1C(F)(F)F. The molecule has 3 N–H and O–H groups in total. The molecule has 0 spiro atoms. The summed E-state index contributed by atoms with van der Waals surface area (Å²) in [5.41, 5.74) is 2.76. The molecule has 0 unspecified atom stereocenters. The van der Waals surface area contributed by atoms with Crippen LogP contribution >= 0.6 is 0 Å². The zero-order chi connectivity index (χ0) is 10.9. The van der Waals surface area contributed by atoms with Crippen molar-refractivity contribution in [1.29, 1.82) is 5.41 Å². The van der Waals surface area contributed by atoms with Gasteiger partial charge >= 0.3 is 6.18 Å². The Kier molecular flexibility index (Phi) is 2.46.